The van der Waals surface area contributed by atoms with Crippen molar-refractivity contribution >= 4 is 21.6 Å². The molecule has 1 aromatic carbocycles. The van der Waals surface area contributed by atoms with Gasteiger partial charge in [0.25, 0.3) is 0 Å². The zero-order valence-corrected chi connectivity index (χ0v) is 11.0. The van der Waals surface area contributed by atoms with Crippen molar-refractivity contribution in [3.05, 3.63) is 29.3 Å². The first-order valence-electron chi connectivity index (χ1n) is 5.97. The molecule has 2 atom stereocenters. The Morgan fingerprint density at radius 2 is 2.18 bits per heavy atom. The SMILES string of the molecule is CCC(CO)NC(C)c1nc2ccccc2s1. The number of aliphatic hydroxyl groups excluding tert-OH is 1. The first-order valence-corrected chi connectivity index (χ1v) is 6.78. The number of hydrogen-bond acceptors (Lipinski definition) is 4. The van der Waals surface area contributed by atoms with E-state index < -0.39 is 0 Å². The summed E-state index contributed by atoms with van der Waals surface area (Å²) in [6.45, 7) is 4.33. The largest absolute Gasteiger partial charge is 0.395 e. The Labute approximate surface area is 106 Å². The molecule has 0 radical (unpaired) electrons. The third-order valence-corrected chi connectivity index (χ3v) is 4.10. The molecule has 1 aromatic heterocycles. The molecule has 2 aromatic rings. The number of nitrogens with one attached hydrogen (secondary N) is 1. The lowest BCUT2D eigenvalue weighted by atomic mass is 10.2. The van der Waals surface area contributed by atoms with Crippen LogP contribution in [0.2, 0.25) is 0 Å². The number of aliphatic hydroxyl groups is 1. The first-order chi connectivity index (χ1) is 8.24. The van der Waals surface area contributed by atoms with Crippen LogP contribution in [0.25, 0.3) is 10.2 Å². The van der Waals surface area contributed by atoms with E-state index >= 15 is 0 Å². The summed E-state index contributed by atoms with van der Waals surface area (Å²) in [4.78, 5) is 4.61. The van der Waals surface area contributed by atoms with Gasteiger partial charge in [-0.15, -0.1) is 11.3 Å². The summed E-state index contributed by atoms with van der Waals surface area (Å²) in [7, 11) is 0. The number of benzene rings is 1. The molecule has 2 unspecified atom stereocenters. The molecular weight excluding hydrogens is 232 g/mol. The highest BCUT2D eigenvalue weighted by Gasteiger charge is 2.14. The Morgan fingerprint density at radius 1 is 1.41 bits per heavy atom. The van der Waals surface area contributed by atoms with Gasteiger partial charge < -0.3 is 10.4 Å². The van der Waals surface area contributed by atoms with Crippen molar-refractivity contribution in [2.75, 3.05) is 6.61 Å². The van der Waals surface area contributed by atoms with E-state index in [0.29, 0.717) is 0 Å². The van der Waals surface area contributed by atoms with Crippen LogP contribution in [-0.2, 0) is 0 Å². The molecule has 0 aliphatic carbocycles. The number of rotatable bonds is 5. The monoisotopic (exact) mass is 250 g/mol. The van der Waals surface area contributed by atoms with Gasteiger partial charge >= 0.3 is 0 Å². The summed E-state index contributed by atoms with van der Waals surface area (Å²) < 4.78 is 1.22. The van der Waals surface area contributed by atoms with Gasteiger partial charge in [0.15, 0.2) is 0 Å². The zero-order valence-electron chi connectivity index (χ0n) is 10.2. The normalized spacial score (nSPS) is 15.0. The second-order valence-electron chi connectivity index (χ2n) is 4.20. The fourth-order valence-electron chi connectivity index (χ4n) is 1.80. The predicted octanol–water partition coefficient (Wildman–Crippen LogP) is 2.72. The summed E-state index contributed by atoms with van der Waals surface area (Å²) in [5.41, 5.74) is 1.05. The van der Waals surface area contributed by atoms with Gasteiger partial charge in [-0.3, -0.25) is 0 Å². The molecule has 1 heterocycles. The molecule has 2 N–H and O–H groups in total. The molecule has 0 amide bonds. The van der Waals surface area contributed by atoms with E-state index in [-0.39, 0.29) is 18.7 Å². The highest BCUT2D eigenvalue weighted by Crippen LogP contribution is 2.26. The van der Waals surface area contributed by atoms with Gasteiger partial charge in [0.05, 0.1) is 22.9 Å². The Hall–Kier alpha value is -0.970. The van der Waals surface area contributed by atoms with Crippen LogP contribution in [0, 0.1) is 0 Å². The van der Waals surface area contributed by atoms with Crippen molar-refractivity contribution in [2.45, 2.75) is 32.4 Å². The number of hydrogen-bond donors (Lipinski definition) is 2. The van der Waals surface area contributed by atoms with E-state index in [0.717, 1.165) is 16.9 Å². The second-order valence-corrected chi connectivity index (χ2v) is 5.26. The topological polar surface area (TPSA) is 45.1 Å². The maximum absolute atomic E-state index is 9.18. The molecule has 0 spiro atoms. The average molecular weight is 250 g/mol. The summed E-state index contributed by atoms with van der Waals surface area (Å²) in [6.07, 6.45) is 0.922. The number of nitrogens with zero attached hydrogens (tertiary/aromatic N) is 1. The van der Waals surface area contributed by atoms with Crippen LogP contribution in [0.5, 0.6) is 0 Å². The standard InChI is InChI=1S/C13H18N2OS/c1-3-10(8-16)14-9(2)13-15-11-6-4-5-7-12(11)17-13/h4-7,9-10,14,16H,3,8H2,1-2H3. The van der Waals surface area contributed by atoms with Crippen LogP contribution in [-0.4, -0.2) is 22.7 Å². The van der Waals surface area contributed by atoms with E-state index in [2.05, 4.69) is 30.2 Å². The van der Waals surface area contributed by atoms with Gasteiger partial charge in [-0.1, -0.05) is 19.1 Å². The van der Waals surface area contributed by atoms with E-state index in [1.807, 2.05) is 18.2 Å². The fourth-order valence-corrected chi connectivity index (χ4v) is 2.78. The average Bonchev–Trinajstić information content (AvgIpc) is 2.79. The lowest BCUT2D eigenvalue weighted by molar-refractivity contribution is 0.230. The van der Waals surface area contributed by atoms with Gasteiger partial charge in [0.2, 0.25) is 0 Å². The van der Waals surface area contributed by atoms with E-state index in [9.17, 15) is 5.11 Å². The van der Waals surface area contributed by atoms with E-state index in [1.54, 1.807) is 11.3 Å². The Kier molecular flexibility index (Phi) is 4.10. The lowest BCUT2D eigenvalue weighted by Gasteiger charge is -2.18. The number of fused-ring (bicyclic) bond motifs is 1. The van der Waals surface area contributed by atoms with Gasteiger partial charge in [-0.05, 0) is 25.5 Å². The van der Waals surface area contributed by atoms with Gasteiger partial charge in [-0.25, -0.2) is 4.98 Å². The smallest absolute Gasteiger partial charge is 0.111 e. The van der Waals surface area contributed by atoms with Crippen LogP contribution in [0.1, 0.15) is 31.3 Å². The molecule has 3 nitrogen and oxygen atoms in total. The maximum Gasteiger partial charge on any atom is 0.111 e. The third kappa shape index (κ3) is 2.83. The predicted molar refractivity (Wildman–Crippen MR) is 72.3 cm³/mol. The molecule has 4 heteroatoms. The molecule has 17 heavy (non-hydrogen) atoms. The molecule has 0 saturated carbocycles. The summed E-state index contributed by atoms with van der Waals surface area (Å²) in [5, 5.41) is 13.7. The minimum absolute atomic E-state index is 0.150. The molecule has 0 saturated heterocycles. The minimum Gasteiger partial charge on any atom is -0.395 e. The molecule has 0 aliphatic heterocycles. The van der Waals surface area contributed by atoms with Gasteiger partial charge in [0, 0.05) is 6.04 Å². The van der Waals surface area contributed by atoms with Crippen LogP contribution < -0.4 is 5.32 Å². The van der Waals surface area contributed by atoms with Gasteiger partial charge in [0.1, 0.15) is 5.01 Å². The minimum atomic E-state index is 0.150. The summed E-state index contributed by atoms with van der Waals surface area (Å²) >= 11 is 1.71. The Morgan fingerprint density at radius 3 is 2.82 bits per heavy atom. The quantitative estimate of drug-likeness (QED) is 0.857. The molecule has 0 bridgehead atoms. The second kappa shape index (κ2) is 5.58. The molecule has 2 rings (SSSR count). The summed E-state index contributed by atoms with van der Waals surface area (Å²) in [5.74, 6) is 0. The Bertz CT molecular complexity index is 446. The maximum atomic E-state index is 9.18. The fraction of sp³-hybridized carbons (Fsp3) is 0.462. The lowest BCUT2D eigenvalue weighted by Crippen LogP contribution is -2.33. The van der Waals surface area contributed by atoms with Crippen molar-refractivity contribution in [3.63, 3.8) is 0 Å². The summed E-state index contributed by atoms with van der Waals surface area (Å²) in [6, 6.07) is 8.50. The van der Waals surface area contributed by atoms with Crippen molar-refractivity contribution in [1.29, 1.82) is 0 Å². The van der Waals surface area contributed by atoms with Crippen LogP contribution in [0.15, 0.2) is 24.3 Å². The van der Waals surface area contributed by atoms with Crippen LogP contribution in [0.3, 0.4) is 0 Å². The Balaban J connectivity index is 2.15. The van der Waals surface area contributed by atoms with E-state index in [1.165, 1.54) is 4.70 Å². The third-order valence-electron chi connectivity index (χ3n) is 2.88. The van der Waals surface area contributed by atoms with E-state index in [4.69, 9.17) is 0 Å². The van der Waals surface area contributed by atoms with Crippen LogP contribution in [0.4, 0.5) is 0 Å². The van der Waals surface area contributed by atoms with Crippen molar-refractivity contribution in [2.24, 2.45) is 0 Å². The van der Waals surface area contributed by atoms with Crippen molar-refractivity contribution in [3.8, 4) is 0 Å². The van der Waals surface area contributed by atoms with Crippen LogP contribution >= 0.6 is 11.3 Å². The highest BCUT2D eigenvalue weighted by atomic mass is 32.1. The molecule has 92 valence electrons. The van der Waals surface area contributed by atoms with Crippen molar-refractivity contribution in [1.82, 2.24) is 10.3 Å². The highest BCUT2D eigenvalue weighted by molar-refractivity contribution is 7.18. The first kappa shape index (κ1) is 12.5. The molecule has 0 fully saturated rings. The number of aromatic nitrogens is 1. The number of thiazole rings is 1. The van der Waals surface area contributed by atoms with Crippen molar-refractivity contribution < 1.29 is 5.11 Å². The zero-order chi connectivity index (χ0) is 12.3. The number of para-hydroxylation sites is 1. The molecule has 0 aliphatic rings. The van der Waals surface area contributed by atoms with Gasteiger partial charge in [-0.2, -0.15) is 0 Å². The molecular formula is C13H18N2OS.